The van der Waals surface area contributed by atoms with Gasteiger partial charge >= 0.3 is 0 Å². The minimum Gasteiger partial charge on any atom is -0.364 e. The van der Waals surface area contributed by atoms with Gasteiger partial charge in [0.2, 0.25) is 5.95 Å². The molecule has 3 aromatic rings. The van der Waals surface area contributed by atoms with Crippen molar-refractivity contribution in [2.24, 2.45) is 0 Å². The molecule has 1 aromatic carbocycles. The Kier molecular flexibility index (Phi) is 3.20. The summed E-state index contributed by atoms with van der Waals surface area (Å²) in [6.07, 6.45) is 1.62. The molecule has 0 aliphatic rings. The fraction of sp³-hybridized carbons (Fsp3) is 0.214. The first kappa shape index (κ1) is 12.4. The molecule has 0 saturated carbocycles. The van der Waals surface area contributed by atoms with Crippen LogP contribution in [0.2, 0.25) is 0 Å². The lowest BCUT2D eigenvalue weighted by Gasteiger charge is -2.08. The molecule has 0 bridgehead atoms. The summed E-state index contributed by atoms with van der Waals surface area (Å²) >= 11 is 0. The van der Waals surface area contributed by atoms with E-state index in [1.165, 1.54) is 11.1 Å². The number of imidazole rings is 1. The molecule has 3 N–H and O–H groups in total. The molecule has 0 aliphatic heterocycles. The van der Waals surface area contributed by atoms with Crippen molar-refractivity contribution in [3.63, 3.8) is 0 Å². The lowest BCUT2D eigenvalue weighted by molar-refractivity contribution is 1.09. The van der Waals surface area contributed by atoms with Gasteiger partial charge in [-0.25, -0.2) is 4.98 Å². The Morgan fingerprint density at radius 1 is 1.15 bits per heavy atom. The summed E-state index contributed by atoms with van der Waals surface area (Å²) < 4.78 is 0. The van der Waals surface area contributed by atoms with E-state index in [1.807, 2.05) is 0 Å². The SMILES string of the molecule is CNc1nc(NCc2ccc(C)cc2)c2[nH]cnc2n1. The van der Waals surface area contributed by atoms with E-state index in [9.17, 15) is 0 Å². The number of hydrogen-bond acceptors (Lipinski definition) is 5. The summed E-state index contributed by atoms with van der Waals surface area (Å²) in [5.74, 6) is 1.30. The molecule has 20 heavy (non-hydrogen) atoms. The molecule has 2 aromatic heterocycles. The lowest BCUT2D eigenvalue weighted by atomic mass is 10.1. The summed E-state index contributed by atoms with van der Waals surface area (Å²) in [7, 11) is 1.79. The molecule has 0 unspecified atom stereocenters. The largest absolute Gasteiger partial charge is 0.364 e. The van der Waals surface area contributed by atoms with E-state index >= 15 is 0 Å². The van der Waals surface area contributed by atoms with Crippen LogP contribution in [0.4, 0.5) is 11.8 Å². The van der Waals surface area contributed by atoms with E-state index < -0.39 is 0 Å². The van der Waals surface area contributed by atoms with Crippen molar-refractivity contribution < 1.29 is 0 Å². The molecule has 3 rings (SSSR count). The van der Waals surface area contributed by atoms with Gasteiger partial charge in [0, 0.05) is 13.6 Å². The van der Waals surface area contributed by atoms with Gasteiger partial charge < -0.3 is 15.6 Å². The predicted octanol–water partition coefficient (Wildman–Crippen LogP) is 2.32. The molecule has 0 amide bonds. The van der Waals surface area contributed by atoms with E-state index in [2.05, 4.69) is 61.8 Å². The van der Waals surface area contributed by atoms with E-state index in [0.717, 1.165) is 11.3 Å². The first-order chi connectivity index (χ1) is 9.76. The summed E-state index contributed by atoms with van der Waals surface area (Å²) in [6.45, 7) is 2.78. The van der Waals surface area contributed by atoms with Crippen LogP contribution in [0, 0.1) is 6.92 Å². The van der Waals surface area contributed by atoms with Crippen LogP contribution >= 0.6 is 0 Å². The van der Waals surface area contributed by atoms with Gasteiger partial charge in [0.15, 0.2) is 11.5 Å². The van der Waals surface area contributed by atoms with Crippen molar-refractivity contribution in [3.05, 3.63) is 41.7 Å². The van der Waals surface area contributed by atoms with Crippen molar-refractivity contribution in [1.29, 1.82) is 0 Å². The van der Waals surface area contributed by atoms with Crippen molar-refractivity contribution in [1.82, 2.24) is 19.9 Å². The maximum absolute atomic E-state index is 4.42. The molecule has 0 saturated heterocycles. The zero-order chi connectivity index (χ0) is 13.9. The molecule has 6 heteroatoms. The van der Waals surface area contributed by atoms with Gasteiger partial charge in [0.1, 0.15) is 5.52 Å². The number of nitrogens with zero attached hydrogens (tertiary/aromatic N) is 3. The van der Waals surface area contributed by atoms with Crippen molar-refractivity contribution in [3.8, 4) is 0 Å². The molecule has 0 radical (unpaired) electrons. The molecule has 0 aliphatic carbocycles. The molecule has 0 atom stereocenters. The minimum atomic E-state index is 0.552. The van der Waals surface area contributed by atoms with Crippen molar-refractivity contribution in [2.75, 3.05) is 17.7 Å². The maximum atomic E-state index is 4.42. The Hall–Kier alpha value is -2.63. The van der Waals surface area contributed by atoms with Gasteiger partial charge in [0.05, 0.1) is 6.33 Å². The van der Waals surface area contributed by atoms with E-state index in [0.29, 0.717) is 18.1 Å². The quantitative estimate of drug-likeness (QED) is 0.676. The summed E-state index contributed by atoms with van der Waals surface area (Å²) in [5.41, 5.74) is 3.92. The van der Waals surface area contributed by atoms with Gasteiger partial charge in [-0.15, -0.1) is 0 Å². The van der Waals surface area contributed by atoms with E-state index in [1.54, 1.807) is 13.4 Å². The Labute approximate surface area is 116 Å². The second kappa shape index (κ2) is 5.16. The third-order valence-electron chi connectivity index (χ3n) is 3.09. The van der Waals surface area contributed by atoms with Gasteiger partial charge in [-0.1, -0.05) is 29.8 Å². The zero-order valence-corrected chi connectivity index (χ0v) is 11.4. The monoisotopic (exact) mass is 268 g/mol. The molecule has 0 fully saturated rings. The molecule has 102 valence electrons. The molecule has 6 nitrogen and oxygen atoms in total. The zero-order valence-electron chi connectivity index (χ0n) is 11.4. The van der Waals surface area contributed by atoms with Gasteiger partial charge in [-0.2, -0.15) is 9.97 Å². The summed E-state index contributed by atoms with van der Waals surface area (Å²) in [5, 5.41) is 6.26. The lowest BCUT2D eigenvalue weighted by Crippen LogP contribution is -2.05. The number of fused-ring (bicyclic) bond motifs is 1. The highest BCUT2D eigenvalue weighted by molar-refractivity contribution is 5.83. The minimum absolute atomic E-state index is 0.552. The Bertz CT molecular complexity index is 716. The Balaban J connectivity index is 1.86. The van der Waals surface area contributed by atoms with Crippen LogP contribution in [0.25, 0.3) is 11.2 Å². The molecule has 0 spiro atoms. The number of hydrogen-bond donors (Lipinski definition) is 3. The number of benzene rings is 1. The van der Waals surface area contributed by atoms with Crippen LogP contribution in [-0.4, -0.2) is 27.0 Å². The topological polar surface area (TPSA) is 78.5 Å². The predicted molar refractivity (Wildman–Crippen MR) is 79.7 cm³/mol. The average Bonchev–Trinajstić information content (AvgIpc) is 2.94. The molecular weight excluding hydrogens is 252 g/mol. The number of H-pyrrole nitrogens is 1. The maximum Gasteiger partial charge on any atom is 0.226 e. The van der Waals surface area contributed by atoms with E-state index in [4.69, 9.17) is 0 Å². The normalized spacial score (nSPS) is 10.7. The van der Waals surface area contributed by atoms with Gasteiger partial charge in [-0.3, -0.25) is 0 Å². The first-order valence-corrected chi connectivity index (χ1v) is 6.44. The third kappa shape index (κ3) is 2.40. The number of nitrogens with one attached hydrogen (secondary N) is 3. The van der Waals surface area contributed by atoms with Crippen LogP contribution in [0.1, 0.15) is 11.1 Å². The van der Waals surface area contributed by atoms with Crippen LogP contribution in [0.15, 0.2) is 30.6 Å². The average molecular weight is 268 g/mol. The highest BCUT2D eigenvalue weighted by Crippen LogP contribution is 2.19. The molecule has 2 heterocycles. The second-order valence-electron chi connectivity index (χ2n) is 4.59. The van der Waals surface area contributed by atoms with Crippen LogP contribution < -0.4 is 10.6 Å². The highest BCUT2D eigenvalue weighted by Gasteiger charge is 2.08. The Morgan fingerprint density at radius 3 is 2.70 bits per heavy atom. The van der Waals surface area contributed by atoms with Crippen LogP contribution in [0.3, 0.4) is 0 Å². The Morgan fingerprint density at radius 2 is 1.95 bits per heavy atom. The number of aromatic amines is 1. The standard InChI is InChI=1S/C14H16N6/c1-9-3-5-10(6-4-9)7-16-12-11-13(18-8-17-11)20-14(15-2)19-12/h3-6,8H,7H2,1-2H3,(H3,15,16,17,18,19,20). The van der Waals surface area contributed by atoms with E-state index in [-0.39, 0.29) is 0 Å². The van der Waals surface area contributed by atoms with Gasteiger partial charge in [0.25, 0.3) is 0 Å². The van der Waals surface area contributed by atoms with Crippen LogP contribution in [-0.2, 0) is 6.54 Å². The third-order valence-corrected chi connectivity index (χ3v) is 3.09. The number of anilines is 2. The fourth-order valence-electron chi connectivity index (χ4n) is 1.96. The highest BCUT2D eigenvalue weighted by atomic mass is 15.2. The van der Waals surface area contributed by atoms with Crippen molar-refractivity contribution >= 4 is 22.9 Å². The summed E-state index contributed by atoms with van der Waals surface area (Å²) in [4.78, 5) is 15.9. The summed E-state index contributed by atoms with van der Waals surface area (Å²) in [6, 6.07) is 8.41. The number of aromatic nitrogens is 4. The molecular formula is C14H16N6. The number of rotatable bonds is 4. The first-order valence-electron chi connectivity index (χ1n) is 6.44. The van der Waals surface area contributed by atoms with Crippen molar-refractivity contribution in [2.45, 2.75) is 13.5 Å². The van der Waals surface area contributed by atoms with Crippen LogP contribution in [0.5, 0.6) is 0 Å². The fourth-order valence-corrected chi connectivity index (χ4v) is 1.96. The van der Waals surface area contributed by atoms with Gasteiger partial charge in [-0.05, 0) is 12.5 Å². The smallest absolute Gasteiger partial charge is 0.226 e. The second-order valence-corrected chi connectivity index (χ2v) is 4.59. The number of aryl methyl sites for hydroxylation is 1.